The first-order valence-corrected chi connectivity index (χ1v) is 6.93. The third-order valence-corrected chi connectivity index (χ3v) is 3.36. The van der Waals surface area contributed by atoms with Crippen LogP contribution < -0.4 is 4.74 Å². The van der Waals surface area contributed by atoms with E-state index in [9.17, 15) is 0 Å². The number of rotatable bonds is 2. The lowest BCUT2D eigenvalue weighted by atomic mass is 10.1. The van der Waals surface area contributed by atoms with E-state index in [0.717, 1.165) is 41.7 Å². The van der Waals surface area contributed by atoms with Gasteiger partial charge in [-0.2, -0.15) is 5.10 Å². The van der Waals surface area contributed by atoms with E-state index < -0.39 is 0 Å². The maximum absolute atomic E-state index is 5.19. The molecule has 0 saturated carbocycles. The number of hydrogen-bond donors (Lipinski definition) is 1. The first-order valence-electron chi connectivity index (χ1n) is 6.93. The molecule has 20 heavy (non-hydrogen) atoms. The van der Waals surface area contributed by atoms with Gasteiger partial charge in [-0.05, 0) is 49.1 Å². The van der Waals surface area contributed by atoms with Crippen molar-refractivity contribution in [3.8, 4) is 17.0 Å². The number of H-pyrrole nitrogens is 1. The van der Waals surface area contributed by atoms with E-state index in [-0.39, 0.29) is 0 Å². The molecule has 0 amide bonds. The summed E-state index contributed by atoms with van der Waals surface area (Å²) in [6.45, 7) is 6.22. The Bertz CT molecular complexity index is 517. The van der Waals surface area contributed by atoms with E-state index in [1.807, 2.05) is 25.1 Å². The highest BCUT2D eigenvalue weighted by Crippen LogP contribution is 2.24. The highest BCUT2D eigenvalue weighted by atomic mass is 16.5. The fraction of sp³-hybridized carbons (Fsp3) is 0.438. The zero-order valence-electron chi connectivity index (χ0n) is 12.3. The lowest BCUT2D eigenvalue weighted by Gasteiger charge is -2.05. The van der Waals surface area contributed by atoms with Crippen LogP contribution in [0.4, 0.5) is 0 Å². The van der Waals surface area contributed by atoms with E-state index in [1.54, 1.807) is 13.3 Å². The maximum atomic E-state index is 5.19. The molecule has 1 fully saturated rings. The molecular weight excluding hydrogens is 252 g/mol. The second kappa shape index (κ2) is 7.10. The molecule has 4 heteroatoms. The number of aromatic amines is 1. The lowest BCUT2D eigenvalue weighted by Crippen LogP contribution is -1.88. The van der Waals surface area contributed by atoms with Gasteiger partial charge in [0.15, 0.2) is 0 Å². The summed E-state index contributed by atoms with van der Waals surface area (Å²) in [6.07, 6.45) is 3.01. The van der Waals surface area contributed by atoms with Gasteiger partial charge in [-0.3, -0.25) is 5.10 Å². The summed E-state index contributed by atoms with van der Waals surface area (Å²) in [5, 5.41) is 6.84. The van der Waals surface area contributed by atoms with Gasteiger partial charge in [0, 0.05) is 25.0 Å². The SMILES string of the molecule is CC1CCOC1.COc1ccc(-c2ccn[nH]2)cc1C. The Hall–Kier alpha value is -1.81. The number of ether oxygens (including phenoxy) is 2. The van der Waals surface area contributed by atoms with Crippen LogP contribution in [0.1, 0.15) is 18.9 Å². The number of nitrogens with zero attached hydrogens (tertiary/aromatic N) is 1. The summed E-state index contributed by atoms with van der Waals surface area (Å²) < 4.78 is 10.2. The molecule has 1 saturated heterocycles. The highest BCUT2D eigenvalue weighted by molar-refractivity contribution is 5.61. The molecule has 0 bridgehead atoms. The molecule has 2 heterocycles. The topological polar surface area (TPSA) is 47.1 Å². The third-order valence-electron chi connectivity index (χ3n) is 3.36. The first-order chi connectivity index (χ1) is 9.70. The predicted molar refractivity (Wildman–Crippen MR) is 79.9 cm³/mol. The zero-order chi connectivity index (χ0) is 14.4. The van der Waals surface area contributed by atoms with Crippen LogP contribution >= 0.6 is 0 Å². The summed E-state index contributed by atoms with van der Waals surface area (Å²) in [6, 6.07) is 8.00. The van der Waals surface area contributed by atoms with Crippen LogP contribution in [0, 0.1) is 12.8 Å². The van der Waals surface area contributed by atoms with Crippen LogP contribution in [0.3, 0.4) is 0 Å². The highest BCUT2D eigenvalue weighted by Gasteiger charge is 2.07. The average Bonchev–Trinajstić information content (AvgIpc) is 3.12. The molecule has 1 unspecified atom stereocenters. The number of aromatic nitrogens is 2. The van der Waals surface area contributed by atoms with Gasteiger partial charge in [0.2, 0.25) is 0 Å². The summed E-state index contributed by atoms with van der Waals surface area (Å²) in [4.78, 5) is 0. The van der Waals surface area contributed by atoms with E-state index in [4.69, 9.17) is 9.47 Å². The Morgan fingerprint density at radius 1 is 1.35 bits per heavy atom. The van der Waals surface area contributed by atoms with E-state index in [2.05, 4.69) is 23.2 Å². The standard InChI is InChI=1S/C11H12N2O.C5H10O/c1-8-7-9(3-4-11(8)14-2)10-5-6-12-13-10;1-5-2-3-6-4-5/h3-7H,1-2H3,(H,12,13);5H,2-4H2,1H3. The van der Waals surface area contributed by atoms with Gasteiger partial charge in [0.1, 0.15) is 5.75 Å². The Labute approximate surface area is 120 Å². The second-order valence-electron chi connectivity index (χ2n) is 5.12. The largest absolute Gasteiger partial charge is 0.496 e. The van der Waals surface area contributed by atoms with Crippen LogP contribution in [0.2, 0.25) is 0 Å². The molecular formula is C16H22N2O2. The summed E-state index contributed by atoms with van der Waals surface area (Å²) in [5.74, 6) is 1.73. The summed E-state index contributed by atoms with van der Waals surface area (Å²) in [7, 11) is 1.68. The van der Waals surface area contributed by atoms with Crippen LogP contribution in [0.5, 0.6) is 5.75 Å². The van der Waals surface area contributed by atoms with Crippen molar-refractivity contribution in [2.75, 3.05) is 20.3 Å². The maximum Gasteiger partial charge on any atom is 0.121 e. The fourth-order valence-corrected chi connectivity index (χ4v) is 2.11. The minimum absolute atomic E-state index is 0.824. The van der Waals surface area contributed by atoms with Crippen molar-refractivity contribution >= 4 is 0 Å². The lowest BCUT2D eigenvalue weighted by molar-refractivity contribution is 0.188. The molecule has 1 N–H and O–H groups in total. The molecule has 1 aromatic carbocycles. The Balaban J connectivity index is 0.000000205. The molecule has 0 radical (unpaired) electrons. The first kappa shape index (κ1) is 14.6. The summed E-state index contributed by atoms with van der Waals surface area (Å²) >= 11 is 0. The van der Waals surface area contributed by atoms with Gasteiger partial charge in [0.05, 0.1) is 12.8 Å². The minimum atomic E-state index is 0.824. The normalized spacial score (nSPS) is 17.4. The summed E-state index contributed by atoms with van der Waals surface area (Å²) in [5.41, 5.74) is 3.27. The molecule has 0 spiro atoms. The van der Waals surface area contributed by atoms with Crippen molar-refractivity contribution in [1.29, 1.82) is 0 Å². The van der Waals surface area contributed by atoms with Gasteiger partial charge < -0.3 is 9.47 Å². The number of aryl methyl sites for hydroxylation is 1. The molecule has 1 aromatic heterocycles. The van der Waals surface area contributed by atoms with Crippen molar-refractivity contribution in [3.05, 3.63) is 36.0 Å². The fourth-order valence-electron chi connectivity index (χ4n) is 2.11. The smallest absolute Gasteiger partial charge is 0.121 e. The third kappa shape index (κ3) is 3.84. The molecule has 4 nitrogen and oxygen atoms in total. The van der Waals surface area contributed by atoms with Gasteiger partial charge in [-0.1, -0.05) is 6.92 Å². The van der Waals surface area contributed by atoms with Crippen molar-refractivity contribution in [2.45, 2.75) is 20.3 Å². The van der Waals surface area contributed by atoms with Gasteiger partial charge in [-0.25, -0.2) is 0 Å². The molecule has 1 aliphatic rings. The van der Waals surface area contributed by atoms with Crippen molar-refractivity contribution in [3.63, 3.8) is 0 Å². The van der Waals surface area contributed by atoms with Gasteiger partial charge >= 0.3 is 0 Å². The van der Waals surface area contributed by atoms with Crippen LogP contribution in [-0.4, -0.2) is 30.5 Å². The van der Waals surface area contributed by atoms with Gasteiger partial charge in [0.25, 0.3) is 0 Å². The number of benzene rings is 1. The van der Waals surface area contributed by atoms with Gasteiger partial charge in [-0.15, -0.1) is 0 Å². The molecule has 0 aliphatic carbocycles. The van der Waals surface area contributed by atoms with Crippen molar-refractivity contribution in [1.82, 2.24) is 10.2 Å². The Kier molecular flexibility index (Phi) is 5.18. The average molecular weight is 274 g/mol. The molecule has 1 atom stereocenters. The van der Waals surface area contributed by atoms with Crippen LogP contribution in [0.25, 0.3) is 11.3 Å². The van der Waals surface area contributed by atoms with E-state index in [0.29, 0.717) is 0 Å². The van der Waals surface area contributed by atoms with Crippen LogP contribution in [0.15, 0.2) is 30.5 Å². The number of methoxy groups -OCH3 is 1. The zero-order valence-corrected chi connectivity index (χ0v) is 12.3. The second-order valence-corrected chi connectivity index (χ2v) is 5.12. The van der Waals surface area contributed by atoms with Crippen molar-refractivity contribution < 1.29 is 9.47 Å². The monoisotopic (exact) mass is 274 g/mol. The van der Waals surface area contributed by atoms with Crippen molar-refractivity contribution in [2.24, 2.45) is 5.92 Å². The molecule has 3 rings (SSSR count). The Morgan fingerprint density at radius 2 is 2.20 bits per heavy atom. The Morgan fingerprint density at radius 3 is 2.65 bits per heavy atom. The van der Waals surface area contributed by atoms with E-state index in [1.165, 1.54) is 6.42 Å². The minimum Gasteiger partial charge on any atom is -0.496 e. The molecule has 1 aliphatic heterocycles. The molecule has 2 aromatic rings. The predicted octanol–water partition coefficient (Wildman–Crippen LogP) is 3.44. The molecule has 108 valence electrons. The van der Waals surface area contributed by atoms with E-state index >= 15 is 0 Å². The number of nitrogens with one attached hydrogen (secondary N) is 1. The quantitative estimate of drug-likeness (QED) is 0.912. The van der Waals surface area contributed by atoms with Crippen LogP contribution in [-0.2, 0) is 4.74 Å². The number of hydrogen-bond acceptors (Lipinski definition) is 3.